The summed E-state index contributed by atoms with van der Waals surface area (Å²) in [5.41, 5.74) is -0.407. The fourth-order valence-corrected chi connectivity index (χ4v) is 2.11. The molecule has 0 aliphatic rings. The standard InChI is InChI=1S/C11H15ClO4S/c1-9-3-5-10(6-4-9)17(14,15)16-8-11(2,13)7-12/h3-6,13H,7-8H2,1-2H3/t11-/m0/s1. The fourth-order valence-electron chi connectivity index (χ4n) is 1.02. The summed E-state index contributed by atoms with van der Waals surface area (Å²) in [6.45, 7) is 2.90. The van der Waals surface area contributed by atoms with Gasteiger partial charge in [0.2, 0.25) is 0 Å². The van der Waals surface area contributed by atoms with Gasteiger partial charge in [-0.15, -0.1) is 11.6 Å². The van der Waals surface area contributed by atoms with E-state index in [4.69, 9.17) is 15.8 Å². The van der Waals surface area contributed by atoms with Crippen LogP contribution in [0, 0.1) is 6.92 Å². The van der Waals surface area contributed by atoms with E-state index >= 15 is 0 Å². The van der Waals surface area contributed by atoms with Crippen molar-refractivity contribution in [3.63, 3.8) is 0 Å². The minimum Gasteiger partial charge on any atom is -0.386 e. The average Bonchev–Trinajstić information content (AvgIpc) is 2.27. The van der Waals surface area contributed by atoms with Gasteiger partial charge in [-0.05, 0) is 26.0 Å². The van der Waals surface area contributed by atoms with Gasteiger partial charge in [0.15, 0.2) is 0 Å². The molecule has 4 nitrogen and oxygen atoms in total. The van der Waals surface area contributed by atoms with Crippen LogP contribution in [0.15, 0.2) is 29.2 Å². The summed E-state index contributed by atoms with van der Waals surface area (Å²) in [5, 5.41) is 9.56. The van der Waals surface area contributed by atoms with Gasteiger partial charge >= 0.3 is 0 Å². The number of hydrogen-bond acceptors (Lipinski definition) is 4. The van der Waals surface area contributed by atoms with Crippen LogP contribution in [0.5, 0.6) is 0 Å². The van der Waals surface area contributed by atoms with E-state index in [1.165, 1.54) is 19.1 Å². The number of rotatable bonds is 5. The highest BCUT2D eigenvalue weighted by Gasteiger charge is 2.24. The maximum absolute atomic E-state index is 11.7. The molecule has 0 saturated carbocycles. The van der Waals surface area contributed by atoms with Crippen molar-refractivity contribution in [2.75, 3.05) is 12.5 Å². The minimum absolute atomic E-state index is 0.0634. The minimum atomic E-state index is -3.84. The van der Waals surface area contributed by atoms with Crippen molar-refractivity contribution >= 4 is 21.7 Å². The molecule has 1 aromatic carbocycles. The Bertz CT molecular complexity index is 465. The van der Waals surface area contributed by atoms with E-state index in [-0.39, 0.29) is 17.4 Å². The van der Waals surface area contributed by atoms with Gasteiger partial charge in [-0.1, -0.05) is 17.7 Å². The summed E-state index contributed by atoms with van der Waals surface area (Å²) in [5.74, 6) is -0.101. The Labute approximate surface area is 106 Å². The monoisotopic (exact) mass is 278 g/mol. The highest BCUT2D eigenvalue weighted by molar-refractivity contribution is 7.86. The molecule has 0 aromatic heterocycles. The van der Waals surface area contributed by atoms with Crippen molar-refractivity contribution in [2.24, 2.45) is 0 Å². The first kappa shape index (κ1) is 14.4. The van der Waals surface area contributed by atoms with E-state index in [1.54, 1.807) is 12.1 Å². The summed E-state index contributed by atoms with van der Waals surface area (Å²) >= 11 is 5.46. The Morgan fingerprint density at radius 3 is 2.35 bits per heavy atom. The lowest BCUT2D eigenvalue weighted by Gasteiger charge is -2.19. The Balaban J connectivity index is 2.79. The molecule has 1 aromatic rings. The number of hydrogen-bond donors (Lipinski definition) is 1. The van der Waals surface area contributed by atoms with Crippen molar-refractivity contribution in [3.8, 4) is 0 Å². The van der Waals surface area contributed by atoms with Crippen LogP contribution in [0.2, 0.25) is 0 Å². The van der Waals surface area contributed by atoms with Crippen LogP contribution in [0.4, 0.5) is 0 Å². The van der Waals surface area contributed by atoms with E-state index < -0.39 is 15.7 Å². The molecule has 1 rings (SSSR count). The third-order valence-electron chi connectivity index (χ3n) is 2.12. The molecule has 96 valence electrons. The van der Waals surface area contributed by atoms with Crippen molar-refractivity contribution in [2.45, 2.75) is 24.3 Å². The summed E-state index contributed by atoms with van der Waals surface area (Å²) < 4.78 is 28.2. The Kier molecular flexibility index (Phi) is 4.55. The van der Waals surface area contributed by atoms with Gasteiger partial charge in [0, 0.05) is 0 Å². The quantitative estimate of drug-likeness (QED) is 0.658. The lowest BCUT2D eigenvalue weighted by atomic mass is 10.2. The second kappa shape index (κ2) is 5.35. The molecule has 1 N–H and O–H groups in total. The van der Waals surface area contributed by atoms with Gasteiger partial charge in [0.05, 0.1) is 17.4 Å². The van der Waals surface area contributed by atoms with Crippen LogP contribution in [0.25, 0.3) is 0 Å². The van der Waals surface area contributed by atoms with Gasteiger partial charge < -0.3 is 5.11 Å². The van der Waals surface area contributed by atoms with Crippen molar-refractivity contribution in [1.29, 1.82) is 0 Å². The first-order valence-corrected chi connectivity index (χ1v) is 6.95. The molecular weight excluding hydrogens is 264 g/mol. The van der Waals surface area contributed by atoms with E-state index in [2.05, 4.69) is 0 Å². The molecule has 0 heterocycles. The number of halogens is 1. The SMILES string of the molecule is Cc1ccc(S(=O)(=O)OC[C@@](C)(O)CCl)cc1. The molecule has 0 saturated heterocycles. The third kappa shape index (κ3) is 4.27. The first-order valence-electron chi connectivity index (χ1n) is 5.01. The van der Waals surface area contributed by atoms with Gasteiger partial charge in [0.25, 0.3) is 10.1 Å². The lowest BCUT2D eigenvalue weighted by molar-refractivity contribution is 0.0339. The summed E-state index contributed by atoms with van der Waals surface area (Å²) in [6, 6.07) is 6.27. The van der Waals surface area contributed by atoms with Crippen molar-refractivity contribution in [3.05, 3.63) is 29.8 Å². The molecule has 0 spiro atoms. The van der Waals surface area contributed by atoms with Crippen LogP contribution in [0.3, 0.4) is 0 Å². The van der Waals surface area contributed by atoms with Gasteiger partial charge in [-0.3, -0.25) is 4.18 Å². The zero-order valence-corrected chi connectivity index (χ0v) is 11.3. The van der Waals surface area contributed by atoms with Crippen LogP contribution in [0.1, 0.15) is 12.5 Å². The second-order valence-corrected chi connectivity index (χ2v) is 6.04. The number of benzene rings is 1. The molecule has 0 aliphatic heterocycles. The fraction of sp³-hybridized carbons (Fsp3) is 0.455. The number of aliphatic hydroxyl groups is 1. The van der Waals surface area contributed by atoms with E-state index in [0.717, 1.165) is 5.56 Å². The van der Waals surface area contributed by atoms with Crippen LogP contribution in [-0.4, -0.2) is 31.6 Å². The highest BCUT2D eigenvalue weighted by atomic mass is 35.5. The van der Waals surface area contributed by atoms with Crippen molar-refractivity contribution in [1.82, 2.24) is 0 Å². The zero-order valence-electron chi connectivity index (χ0n) is 9.68. The van der Waals surface area contributed by atoms with E-state index in [1.807, 2.05) is 6.92 Å². The molecule has 0 fully saturated rings. The third-order valence-corrected chi connectivity index (χ3v) is 3.98. The maximum atomic E-state index is 11.7. The molecule has 0 bridgehead atoms. The first-order chi connectivity index (χ1) is 7.77. The van der Waals surface area contributed by atoms with Gasteiger partial charge in [-0.25, -0.2) is 0 Å². The Morgan fingerprint density at radius 1 is 1.35 bits per heavy atom. The molecule has 6 heteroatoms. The van der Waals surface area contributed by atoms with E-state index in [0.29, 0.717) is 0 Å². The van der Waals surface area contributed by atoms with Crippen molar-refractivity contribution < 1.29 is 17.7 Å². The molecule has 0 radical (unpaired) electrons. The molecule has 17 heavy (non-hydrogen) atoms. The number of aryl methyl sites for hydroxylation is 1. The Morgan fingerprint density at radius 2 is 1.88 bits per heavy atom. The zero-order chi connectivity index (χ0) is 13.1. The van der Waals surface area contributed by atoms with Crippen LogP contribution in [-0.2, 0) is 14.3 Å². The average molecular weight is 279 g/mol. The largest absolute Gasteiger partial charge is 0.386 e. The molecule has 0 aliphatic carbocycles. The normalized spacial score (nSPS) is 15.5. The highest BCUT2D eigenvalue weighted by Crippen LogP contribution is 2.16. The molecular formula is C11H15ClO4S. The lowest BCUT2D eigenvalue weighted by Crippen LogP contribution is -2.33. The molecule has 0 amide bonds. The predicted molar refractivity (Wildman–Crippen MR) is 65.7 cm³/mol. The predicted octanol–water partition coefficient (Wildman–Crippen LogP) is 1.69. The summed E-state index contributed by atoms with van der Waals surface area (Å²) in [6.07, 6.45) is 0. The topological polar surface area (TPSA) is 63.6 Å². The summed E-state index contributed by atoms with van der Waals surface area (Å²) in [4.78, 5) is 0.0634. The summed E-state index contributed by atoms with van der Waals surface area (Å²) in [7, 11) is -3.84. The van der Waals surface area contributed by atoms with Crippen LogP contribution < -0.4 is 0 Å². The van der Waals surface area contributed by atoms with Gasteiger partial charge in [0.1, 0.15) is 5.60 Å². The maximum Gasteiger partial charge on any atom is 0.297 e. The molecule has 0 unspecified atom stereocenters. The second-order valence-electron chi connectivity index (χ2n) is 4.16. The molecule has 1 atom stereocenters. The van der Waals surface area contributed by atoms with E-state index in [9.17, 15) is 13.5 Å². The number of alkyl halides is 1. The van der Waals surface area contributed by atoms with Gasteiger partial charge in [-0.2, -0.15) is 8.42 Å². The smallest absolute Gasteiger partial charge is 0.297 e. The Hall–Kier alpha value is -0.620. The van der Waals surface area contributed by atoms with Crippen LogP contribution >= 0.6 is 11.6 Å².